The summed E-state index contributed by atoms with van der Waals surface area (Å²) in [6.07, 6.45) is 1.29. The fourth-order valence-electron chi connectivity index (χ4n) is 3.06. The van der Waals surface area contributed by atoms with E-state index in [4.69, 9.17) is 21.1 Å². The van der Waals surface area contributed by atoms with Crippen molar-refractivity contribution in [3.63, 3.8) is 0 Å². The fourth-order valence-corrected chi connectivity index (χ4v) is 3.25. The maximum Gasteiger partial charge on any atom is 0.261 e. The Labute approximate surface area is 183 Å². The van der Waals surface area contributed by atoms with Gasteiger partial charge < -0.3 is 19.7 Å². The second kappa shape index (κ2) is 12.1. The van der Waals surface area contributed by atoms with Crippen molar-refractivity contribution >= 4 is 23.4 Å². The van der Waals surface area contributed by atoms with Gasteiger partial charge in [0.2, 0.25) is 5.91 Å². The molecule has 6 nitrogen and oxygen atoms in total. The smallest absolute Gasteiger partial charge is 0.261 e. The molecule has 0 radical (unpaired) electrons. The number of nitrogens with zero attached hydrogens (tertiary/aromatic N) is 1. The van der Waals surface area contributed by atoms with Crippen LogP contribution in [0.25, 0.3) is 0 Å². The lowest BCUT2D eigenvalue weighted by Gasteiger charge is -2.31. The van der Waals surface area contributed by atoms with Crippen LogP contribution < -0.4 is 14.8 Å². The van der Waals surface area contributed by atoms with Crippen LogP contribution in [0.3, 0.4) is 0 Å². The average molecular weight is 433 g/mol. The van der Waals surface area contributed by atoms with Gasteiger partial charge in [0, 0.05) is 18.1 Å². The van der Waals surface area contributed by atoms with Gasteiger partial charge in [-0.3, -0.25) is 9.59 Å². The highest BCUT2D eigenvalue weighted by Crippen LogP contribution is 2.26. The minimum absolute atomic E-state index is 0.183. The van der Waals surface area contributed by atoms with Gasteiger partial charge in [0.1, 0.15) is 6.04 Å². The Morgan fingerprint density at radius 1 is 1.07 bits per heavy atom. The molecule has 30 heavy (non-hydrogen) atoms. The highest BCUT2D eigenvalue weighted by Gasteiger charge is 2.29. The van der Waals surface area contributed by atoms with E-state index in [-0.39, 0.29) is 25.0 Å². The Morgan fingerprint density at radius 3 is 2.37 bits per heavy atom. The van der Waals surface area contributed by atoms with Gasteiger partial charge in [0.25, 0.3) is 5.91 Å². The molecule has 1 N–H and O–H groups in total. The number of carbonyl (C=O) groups is 2. The number of para-hydroxylation sites is 2. The Kier molecular flexibility index (Phi) is 9.48. The van der Waals surface area contributed by atoms with Gasteiger partial charge in [-0.15, -0.1) is 0 Å². The van der Waals surface area contributed by atoms with Crippen molar-refractivity contribution in [1.82, 2.24) is 10.2 Å². The van der Waals surface area contributed by atoms with Crippen molar-refractivity contribution in [2.45, 2.75) is 39.3 Å². The van der Waals surface area contributed by atoms with Crippen LogP contribution in [0.2, 0.25) is 5.02 Å². The first-order valence-corrected chi connectivity index (χ1v) is 10.5. The van der Waals surface area contributed by atoms with Crippen molar-refractivity contribution in [2.24, 2.45) is 0 Å². The lowest BCUT2D eigenvalue weighted by molar-refractivity contribution is -0.143. The predicted molar refractivity (Wildman–Crippen MR) is 118 cm³/mol. The van der Waals surface area contributed by atoms with Gasteiger partial charge in [-0.25, -0.2) is 0 Å². The van der Waals surface area contributed by atoms with Crippen LogP contribution in [-0.2, 0) is 16.1 Å². The zero-order valence-electron chi connectivity index (χ0n) is 17.7. The van der Waals surface area contributed by atoms with Crippen LogP contribution in [0.4, 0.5) is 0 Å². The van der Waals surface area contributed by atoms with E-state index < -0.39 is 6.04 Å². The number of halogens is 1. The Bertz CT molecular complexity index is 843. The van der Waals surface area contributed by atoms with Crippen molar-refractivity contribution in [3.05, 3.63) is 59.1 Å². The van der Waals surface area contributed by atoms with E-state index in [2.05, 4.69) is 5.32 Å². The van der Waals surface area contributed by atoms with Crippen LogP contribution in [0.5, 0.6) is 11.5 Å². The van der Waals surface area contributed by atoms with Gasteiger partial charge in [0.05, 0.1) is 7.11 Å². The van der Waals surface area contributed by atoms with Gasteiger partial charge in [-0.1, -0.05) is 55.8 Å². The molecule has 0 heterocycles. The quantitative estimate of drug-likeness (QED) is 0.581. The van der Waals surface area contributed by atoms with E-state index in [0.29, 0.717) is 29.5 Å². The topological polar surface area (TPSA) is 67.9 Å². The molecule has 0 fully saturated rings. The first kappa shape index (κ1) is 23.5. The third-order valence-corrected chi connectivity index (χ3v) is 5.02. The average Bonchev–Trinajstić information content (AvgIpc) is 2.77. The standard InChI is InChI=1S/C23H29ClN2O4/c1-4-14-25-23(28)19(5-2)26(15-17-10-6-7-11-18(17)24)22(27)16-30-21-13-9-8-12-20(21)29-3/h6-13,19H,4-5,14-16H2,1-3H3,(H,25,28)/t19-/m1/s1. The lowest BCUT2D eigenvalue weighted by atomic mass is 10.1. The number of amides is 2. The molecule has 2 aromatic carbocycles. The number of hydrogen-bond acceptors (Lipinski definition) is 4. The molecule has 2 aromatic rings. The molecule has 0 bridgehead atoms. The minimum atomic E-state index is -0.624. The van der Waals surface area contributed by atoms with E-state index in [1.807, 2.05) is 38.1 Å². The molecule has 0 saturated heterocycles. The minimum Gasteiger partial charge on any atom is -0.493 e. The zero-order valence-corrected chi connectivity index (χ0v) is 18.4. The van der Waals surface area contributed by atoms with E-state index >= 15 is 0 Å². The number of rotatable bonds is 11. The van der Waals surface area contributed by atoms with Gasteiger partial charge in [-0.05, 0) is 36.6 Å². The fraction of sp³-hybridized carbons (Fsp3) is 0.391. The summed E-state index contributed by atoms with van der Waals surface area (Å²) in [5.74, 6) is 0.515. The maximum atomic E-state index is 13.1. The Balaban J connectivity index is 2.23. The molecular weight excluding hydrogens is 404 g/mol. The van der Waals surface area contributed by atoms with Crippen LogP contribution in [-0.4, -0.2) is 43.0 Å². The van der Waals surface area contributed by atoms with E-state index in [1.54, 1.807) is 31.4 Å². The van der Waals surface area contributed by atoms with Gasteiger partial charge >= 0.3 is 0 Å². The first-order valence-electron chi connectivity index (χ1n) is 10.1. The second-order valence-corrected chi connectivity index (χ2v) is 7.17. The van der Waals surface area contributed by atoms with E-state index in [1.165, 1.54) is 4.90 Å². The van der Waals surface area contributed by atoms with Crippen LogP contribution in [0.15, 0.2) is 48.5 Å². The summed E-state index contributed by atoms with van der Waals surface area (Å²) in [5.41, 5.74) is 0.770. The largest absolute Gasteiger partial charge is 0.493 e. The second-order valence-electron chi connectivity index (χ2n) is 6.77. The summed E-state index contributed by atoms with van der Waals surface area (Å²) in [6.45, 7) is 4.41. The molecule has 2 rings (SSSR count). The third kappa shape index (κ3) is 6.39. The molecule has 0 aliphatic rings. The first-order chi connectivity index (χ1) is 14.5. The van der Waals surface area contributed by atoms with Gasteiger partial charge in [0.15, 0.2) is 18.1 Å². The van der Waals surface area contributed by atoms with Crippen LogP contribution in [0, 0.1) is 0 Å². The third-order valence-electron chi connectivity index (χ3n) is 4.65. The summed E-state index contributed by atoms with van der Waals surface area (Å²) in [7, 11) is 1.54. The molecule has 0 spiro atoms. The molecule has 1 atom stereocenters. The van der Waals surface area contributed by atoms with Crippen LogP contribution >= 0.6 is 11.6 Å². The molecule has 0 saturated carbocycles. The van der Waals surface area contributed by atoms with Crippen LogP contribution in [0.1, 0.15) is 32.3 Å². The predicted octanol–water partition coefficient (Wildman–Crippen LogP) is 4.06. The van der Waals surface area contributed by atoms with Crippen molar-refractivity contribution in [2.75, 3.05) is 20.3 Å². The monoisotopic (exact) mass is 432 g/mol. The maximum absolute atomic E-state index is 13.1. The summed E-state index contributed by atoms with van der Waals surface area (Å²) < 4.78 is 11.0. The van der Waals surface area contributed by atoms with Gasteiger partial charge in [-0.2, -0.15) is 0 Å². The van der Waals surface area contributed by atoms with Crippen molar-refractivity contribution in [3.8, 4) is 11.5 Å². The molecule has 7 heteroatoms. The number of benzene rings is 2. The van der Waals surface area contributed by atoms with Crippen molar-refractivity contribution < 1.29 is 19.1 Å². The molecule has 0 unspecified atom stereocenters. The number of nitrogens with one attached hydrogen (secondary N) is 1. The SMILES string of the molecule is CCCNC(=O)[C@@H](CC)N(Cc1ccccc1Cl)C(=O)COc1ccccc1OC. The molecular formula is C23H29ClN2O4. The number of carbonyl (C=O) groups excluding carboxylic acids is 2. The van der Waals surface area contributed by atoms with E-state index in [0.717, 1.165) is 12.0 Å². The number of ether oxygens (including phenoxy) is 2. The van der Waals surface area contributed by atoms with E-state index in [9.17, 15) is 9.59 Å². The number of methoxy groups -OCH3 is 1. The highest BCUT2D eigenvalue weighted by atomic mass is 35.5. The Hall–Kier alpha value is -2.73. The zero-order chi connectivity index (χ0) is 21.9. The summed E-state index contributed by atoms with van der Waals surface area (Å²) in [5, 5.41) is 3.43. The summed E-state index contributed by atoms with van der Waals surface area (Å²) >= 11 is 6.31. The number of hydrogen-bond donors (Lipinski definition) is 1. The summed E-state index contributed by atoms with van der Waals surface area (Å²) in [6, 6.07) is 13.8. The Morgan fingerprint density at radius 2 is 1.73 bits per heavy atom. The molecule has 0 aromatic heterocycles. The highest BCUT2D eigenvalue weighted by molar-refractivity contribution is 6.31. The molecule has 0 aliphatic carbocycles. The lowest BCUT2D eigenvalue weighted by Crippen LogP contribution is -2.50. The van der Waals surface area contributed by atoms with Crippen molar-refractivity contribution in [1.29, 1.82) is 0 Å². The summed E-state index contributed by atoms with van der Waals surface area (Å²) in [4.78, 5) is 27.4. The normalized spacial score (nSPS) is 11.5. The molecule has 0 aliphatic heterocycles. The molecule has 162 valence electrons. The molecule has 2 amide bonds.